The van der Waals surface area contributed by atoms with E-state index in [4.69, 9.17) is 4.52 Å². The fourth-order valence-electron chi connectivity index (χ4n) is 3.23. The zero-order chi connectivity index (χ0) is 17.4. The van der Waals surface area contributed by atoms with Crippen molar-refractivity contribution in [1.82, 2.24) is 29.6 Å². The summed E-state index contributed by atoms with van der Waals surface area (Å²) in [5.41, 5.74) is 1.99. The van der Waals surface area contributed by atoms with Gasteiger partial charge in [0.2, 0.25) is 5.89 Å². The van der Waals surface area contributed by atoms with E-state index in [9.17, 15) is 4.79 Å². The second kappa shape index (κ2) is 6.27. The molecule has 3 aromatic rings. The molecule has 1 atom stereocenters. The Bertz CT molecular complexity index is 915. The Labute approximate surface area is 144 Å². The number of hydrogen-bond donors (Lipinski definition) is 0. The number of hydrogen-bond acceptors (Lipinski definition) is 6. The molecule has 4 rings (SSSR count). The first kappa shape index (κ1) is 15.7. The number of amides is 1. The maximum absolute atomic E-state index is 13.0. The van der Waals surface area contributed by atoms with Crippen LogP contribution in [0.2, 0.25) is 0 Å². The highest BCUT2D eigenvalue weighted by Gasteiger charge is 2.30. The third-order valence-corrected chi connectivity index (χ3v) is 4.60. The molecule has 0 saturated carbocycles. The molecule has 3 aromatic heterocycles. The molecule has 130 valence electrons. The highest BCUT2D eigenvalue weighted by Crippen LogP contribution is 2.26. The van der Waals surface area contributed by atoms with Gasteiger partial charge in [0, 0.05) is 37.3 Å². The predicted molar refractivity (Wildman–Crippen MR) is 89.3 cm³/mol. The Kier molecular flexibility index (Phi) is 3.95. The van der Waals surface area contributed by atoms with Crippen LogP contribution in [0.15, 0.2) is 23.0 Å². The normalized spacial score (nSPS) is 18.0. The molecule has 8 heteroatoms. The van der Waals surface area contributed by atoms with Crippen molar-refractivity contribution < 1.29 is 9.32 Å². The van der Waals surface area contributed by atoms with Gasteiger partial charge in [0.15, 0.2) is 11.5 Å². The summed E-state index contributed by atoms with van der Waals surface area (Å²) in [6.07, 6.45) is 6.00. The molecule has 0 aliphatic carbocycles. The molecule has 1 saturated heterocycles. The van der Waals surface area contributed by atoms with E-state index in [1.165, 1.54) is 0 Å². The lowest BCUT2D eigenvalue weighted by atomic mass is 9.97. The van der Waals surface area contributed by atoms with Gasteiger partial charge in [-0.3, -0.25) is 4.79 Å². The summed E-state index contributed by atoms with van der Waals surface area (Å²) in [5, 5.41) is 8.31. The van der Waals surface area contributed by atoms with Crippen molar-refractivity contribution in [2.75, 3.05) is 13.1 Å². The lowest BCUT2D eigenvalue weighted by Gasteiger charge is -2.31. The fraction of sp³-hybridized carbons (Fsp3) is 0.471. The van der Waals surface area contributed by atoms with Gasteiger partial charge < -0.3 is 9.42 Å². The van der Waals surface area contributed by atoms with Crippen molar-refractivity contribution in [3.05, 3.63) is 41.4 Å². The largest absolute Gasteiger partial charge is 0.339 e. The van der Waals surface area contributed by atoms with Crippen LogP contribution in [0.1, 0.15) is 53.5 Å². The van der Waals surface area contributed by atoms with E-state index in [1.54, 1.807) is 10.7 Å². The van der Waals surface area contributed by atoms with E-state index in [-0.39, 0.29) is 11.8 Å². The summed E-state index contributed by atoms with van der Waals surface area (Å²) in [4.78, 5) is 23.7. The third kappa shape index (κ3) is 2.88. The monoisotopic (exact) mass is 340 g/mol. The molecule has 0 spiro atoms. The number of likely N-dealkylation sites (tertiary alicyclic amines) is 1. The maximum Gasteiger partial charge on any atom is 0.259 e. The van der Waals surface area contributed by atoms with Crippen LogP contribution < -0.4 is 0 Å². The minimum Gasteiger partial charge on any atom is -0.339 e. The van der Waals surface area contributed by atoms with E-state index in [0.29, 0.717) is 29.5 Å². The van der Waals surface area contributed by atoms with Gasteiger partial charge in [0.1, 0.15) is 5.56 Å². The Morgan fingerprint density at radius 1 is 1.40 bits per heavy atom. The molecule has 0 aromatic carbocycles. The molecule has 0 unspecified atom stereocenters. The standard InChI is InChI=1S/C17H20N6O2/c1-3-14-20-15(21-25-14)12-5-4-7-22(10-12)17(24)13-9-18-23-8-6-11(2)19-16(13)23/h6,8-9,12H,3-5,7,10H2,1-2H3/t12-/m0/s1. The highest BCUT2D eigenvalue weighted by molar-refractivity contribution is 5.99. The first-order valence-electron chi connectivity index (χ1n) is 8.58. The zero-order valence-electron chi connectivity index (χ0n) is 14.3. The fourth-order valence-corrected chi connectivity index (χ4v) is 3.23. The van der Waals surface area contributed by atoms with Crippen LogP contribution >= 0.6 is 0 Å². The molecule has 1 fully saturated rings. The summed E-state index contributed by atoms with van der Waals surface area (Å²) in [6.45, 7) is 5.19. The van der Waals surface area contributed by atoms with Crippen LogP contribution in [-0.2, 0) is 6.42 Å². The first-order chi connectivity index (χ1) is 12.2. The van der Waals surface area contributed by atoms with Gasteiger partial charge >= 0.3 is 0 Å². The molecule has 25 heavy (non-hydrogen) atoms. The topological polar surface area (TPSA) is 89.4 Å². The molecule has 0 N–H and O–H groups in total. The minimum absolute atomic E-state index is 0.0444. The quantitative estimate of drug-likeness (QED) is 0.724. The van der Waals surface area contributed by atoms with Gasteiger partial charge in [-0.1, -0.05) is 12.1 Å². The Balaban J connectivity index is 1.57. The van der Waals surface area contributed by atoms with Crippen molar-refractivity contribution in [2.24, 2.45) is 0 Å². The molecule has 0 radical (unpaired) electrons. The van der Waals surface area contributed by atoms with E-state index >= 15 is 0 Å². The van der Waals surface area contributed by atoms with Gasteiger partial charge in [0.05, 0.1) is 6.20 Å². The highest BCUT2D eigenvalue weighted by atomic mass is 16.5. The van der Waals surface area contributed by atoms with Crippen LogP contribution in [0.3, 0.4) is 0 Å². The van der Waals surface area contributed by atoms with E-state index in [0.717, 1.165) is 31.5 Å². The van der Waals surface area contributed by atoms with Crippen molar-refractivity contribution in [3.8, 4) is 0 Å². The average Bonchev–Trinajstić information content (AvgIpc) is 3.28. The molecule has 1 amide bonds. The summed E-state index contributed by atoms with van der Waals surface area (Å²) in [6, 6.07) is 1.87. The van der Waals surface area contributed by atoms with Crippen LogP contribution in [0, 0.1) is 6.92 Å². The summed E-state index contributed by atoms with van der Waals surface area (Å²) in [5.74, 6) is 1.40. The van der Waals surface area contributed by atoms with Gasteiger partial charge in [-0.05, 0) is 25.8 Å². The maximum atomic E-state index is 13.0. The van der Waals surface area contributed by atoms with Crippen LogP contribution in [0.4, 0.5) is 0 Å². The van der Waals surface area contributed by atoms with Gasteiger partial charge in [0.25, 0.3) is 5.91 Å². The van der Waals surface area contributed by atoms with Crippen LogP contribution in [-0.4, -0.2) is 48.6 Å². The van der Waals surface area contributed by atoms with Gasteiger partial charge in [-0.15, -0.1) is 0 Å². The zero-order valence-corrected chi connectivity index (χ0v) is 14.3. The number of rotatable bonds is 3. The second-order valence-corrected chi connectivity index (χ2v) is 6.39. The number of aryl methyl sites for hydroxylation is 2. The second-order valence-electron chi connectivity index (χ2n) is 6.39. The number of aromatic nitrogens is 5. The SMILES string of the molecule is CCc1nc([C@H]2CCCN(C(=O)c3cnn4ccc(C)nc34)C2)no1. The van der Waals surface area contributed by atoms with Crippen molar-refractivity contribution in [2.45, 2.75) is 39.0 Å². The van der Waals surface area contributed by atoms with Crippen LogP contribution in [0.5, 0.6) is 0 Å². The third-order valence-electron chi connectivity index (χ3n) is 4.60. The van der Waals surface area contributed by atoms with Gasteiger partial charge in [-0.25, -0.2) is 9.50 Å². The summed E-state index contributed by atoms with van der Waals surface area (Å²) >= 11 is 0. The lowest BCUT2D eigenvalue weighted by molar-refractivity contribution is 0.0705. The molecular weight excluding hydrogens is 320 g/mol. The first-order valence-corrected chi connectivity index (χ1v) is 8.58. The molecule has 8 nitrogen and oxygen atoms in total. The number of fused-ring (bicyclic) bond motifs is 1. The molecule has 4 heterocycles. The molecule has 1 aliphatic heterocycles. The molecule has 0 bridgehead atoms. The van der Waals surface area contributed by atoms with E-state index in [1.807, 2.05) is 31.0 Å². The smallest absolute Gasteiger partial charge is 0.259 e. The Morgan fingerprint density at radius 2 is 2.28 bits per heavy atom. The average molecular weight is 340 g/mol. The lowest BCUT2D eigenvalue weighted by Crippen LogP contribution is -2.39. The van der Waals surface area contributed by atoms with Crippen LogP contribution in [0.25, 0.3) is 5.65 Å². The number of piperidine rings is 1. The van der Waals surface area contributed by atoms with Gasteiger partial charge in [-0.2, -0.15) is 10.1 Å². The van der Waals surface area contributed by atoms with Crippen molar-refractivity contribution in [3.63, 3.8) is 0 Å². The Hall–Kier alpha value is -2.77. The van der Waals surface area contributed by atoms with Crippen molar-refractivity contribution in [1.29, 1.82) is 0 Å². The number of nitrogens with zero attached hydrogens (tertiary/aromatic N) is 6. The number of carbonyl (C=O) groups is 1. The van der Waals surface area contributed by atoms with E-state index in [2.05, 4.69) is 20.2 Å². The summed E-state index contributed by atoms with van der Waals surface area (Å²) < 4.78 is 6.85. The van der Waals surface area contributed by atoms with Crippen molar-refractivity contribution >= 4 is 11.6 Å². The predicted octanol–water partition coefficient (Wildman–Crippen LogP) is 2.00. The van der Waals surface area contributed by atoms with E-state index < -0.39 is 0 Å². The number of carbonyl (C=O) groups excluding carboxylic acids is 1. The Morgan fingerprint density at radius 3 is 3.08 bits per heavy atom. The molecular formula is C17H20N6O2. The molecule has 1 aliphatic rings. The minimum atomic E-state index is -0.0444. The summed E-state index contributed by atoms with van der Waals surface area (Å²) in [7, 11) is 0.